The molecule has 0 amide bonds. The van der Waals surface area contributed by atoms with E-state index in [0.717, 1.165) is 25.7 Å². The number of rotatable bonds is 3. The topological polar surface area (TPSA) is 66.1 Å². The summed E-state index contributed by atoms with van der Waals surface area (Å²) in [6.07, 6.45) is 6.77. The molecule has 1 fully saturated rings. The van der Waals surface area contributed by atoms with Crippen molar-refractivity contribution in [2.45, 2.75) is 50.1 Å². The smallest absolute Gasteiger partial charge is 0.260 e. The number of nitrogens with one attached hydrogen (secondary N) is 1. The molecule has 0 spiro atoms. The molecule has 1 aliphatic rings. The molecule has 1 heterocycles. The molecule has 0 atom stereocenters. The van der Waals surface area contributed by atoms with Gasteiger partial charge in [0.1, 0.15) is 5.82 Å². The van der Waals surface area contributed by atoms with Crippen LogP contribution in [-0.4, -0.2) is 35.8 Å². The molecule has 5 nitrogen and oxygen atoms in total. The average Bonchev–Trinajstić information content (AvgIpc) is 2.77. The summed E-state index contributed by atoms with van der Waals surface area (Å²) in [5, 5.41) is 0.197. The van der Waals surface area contributed by atoms with Crippen molar-refractivity contribution in [1.82, 2.24) is 14.3 Å². The standard InChI is InChI=1S/C11H19N3O2S/c1-9-12-8-11(13-9)17(15,16)14(2)10-6-4-3-5-7-10/h8,10H,3-7H2,1-2H3,(H,12,13). The largest absolute Gasteiger partial charge is 0.332 e. The summed E-state index contributed by atoms with van der Waals surface area (Å²) in [6.45, 7) is 1.75. The Morgan fingerprint density at radius 1 is 1.35 bits per heavy atom. The van der Waals surface area contributed by atoms with Crippen molar-refractivity contribution < 1.29 is 8.42 Å². The maximum absolute atomic E-state index is 12.3. The van der Waals surface area contributed by atoms with E-state index in [-0.39, 0.29) is 11.1 Å². The highest BCUT2D eigenvalue weighted by Crippen LogP contribution is 2.25. The Labute approximate surface area is 102 Å². The van der Waals surface area contributed by atoms with E-state index in [1.54, 1.807) is 14.0 Å². The summed E-state index contributed by atoms with van der Waals surface area (Å²) in [4.78, 5) is 6.74. The molecule has 0 radical (unpaired) electrons. The van der Waals surface area contributed by atoms with Gasteiger partial charge in [0, 0.05) is 13.1 Å². The van der Waals surface area contributed by atoms with Gasteiger partial charge in [-0.05, 0) is 19.8 Å². The molecule has 6 heteroatoms. The Balaban J connectivity index is 2.20. The van der Waals surface area contributed by atoms with Crippen LogP contribution >= 0.6 is 0 Å². The average molecular weight is 257 g/mol. The monoisotopic (exact) mass is 257 g/mol. The second kappa shape index (κ2) is 4.78. The molecule has 96 valence electrons. The van der Waals surface area contributed by atoms with Gasteiger partial charge in [0.15, 0.2) is 5.03 Å². The summed E-state index contributed by atoms with van der Waals surface area (Å²) in [5.74, 6) is 0.626. The molecule has 2 rings (SSSR count). The fraction of sp³-hybridized carbons (Fsp3) is 0.727. The van der Waals surface area contributed by atoms with E-state index in [4.69, 9.17) is 0 Å². The molecular weight excluding hydrogens is 238 g/mol. The Bertz CT molecular complexity index is 475. The number of sulfonamides is 1. The first kappa shape index (κ1) is 12.6. The van der Waals surface area contributed by atoms with Crippen LogP contribution in [0.1, 0.15) is 37.9 Å². The third kappa shape index (κ3) is 2.52. The van der Waals surface area contributed by atoms with Crippen LogP contribution in [0, 0.1) is 6.92 Å². The predicted molar refractivity (Wildman–Crippen MR) is 65.1 cm³/mol. The van der Waals surface area contributed by atoms with Gasteiger partial charge in [-0.2, -0.15) is 4.31 Å². The molecule has 1 saturated carbocycles. The van der Waals surface area contributed by atoms with Gasteiger partial charge in [0.2, 0.25) is 0 Å². The summed E-state index contributed by atoms with van der Waals surface area (Å²) < 4.78 is 26.1. The summed E-state index contributed by atoms with van der Waals surface area (Å²) in [5.41, 5.74) is 0. The van der Waals surface area contributed by atoms with Gasteiger partial charge in [0.25, 0.3) is 10.0 Å². The number of nitrogens with zero attached hydrogens (tertiary/aromatic N) is 2. The van der Waals surface area contributed by atoms with E-state index in [2.05, 4.69) is 9.97 Å². The Morgan fingerprint density at radius 3 is 2.53 bits per heavy atom. The van der Waals surface area contributed by atoms with Gasteiger partial charge in [-0.25, -0.2) is 13.4 Å². The number of hydrogen-bond acceptors (Lipinski definition) is 3. The lowest BCUT2D eigenvalue weighted by Gasteiger charge is -2.29. The molecular formula is C11H19N3O2S. The number of aromatic amines is 1. The van der Waals surface area contributed by atoms with Crippen LogP contribution in [0.2, 0.25) is 0 Å². The number of H-pyrrole nitrogens is 1. The highest BCUT2D eigenvalue weighted by molar-refractivity contribution is 7.89. The van der Waals surface area contributed by atoms with Crippen LogP contribution < -0.4 is 0 Å². The Kier molecular flexibility index (Phi) is 3.53. The van der Waals surface area contributed by atoms with Gasteiger partial charge < -0.3 is 4.98 Å². The van der Waals surface area contributed by atoms with Crippen molar-refractivity contribution in [3.05, 3.63) is 12.0 Å². The summed E-state index contributed by atoms with van der Waals surface area (Å²) in [6, 6.07) is 0.136. The van der Waals surface area contributed by atoms with E-state index >= 15 is 0 Å². The van der Waals surface area contributed by atoms with Crippen molar-refractivity contribution in [1.29, 1.82) is 0 Å². The third-order valence-electron chi connectivity index (χ3n) is 3.43. The summed E-state index contributed by atoms with van der Waals surface area (Å²) in [7, 11) is -1.73. The lowest BCUT2D eigenvalue weighted by Crippen LogP contribution is -2.38. The first-order valence-corrected chi connectivity index (χ1v) is 7.45. The fourth-order valence-corrected chi connectivity index (χ4v) is 3.70. The Hall–Kier alpha value is -0.880. The van der Waals surface area contributed by atoms with E-state index in [9.17, 15) is 8.42 Å². The quantitative estimate of drug-likeness (QED) is 0.895. The molecule has 1 aromatic heterocycles. The lowest BCUT2D eigenvalue weighted by atomic mass is 9.96. The Morgan fingerprint density at radius 2 is 2.00 bits per heavy atom. The predicted octanol–water partition coefficient (Wildman–Crippen LogP) is 1.67. The van der Waals surface area contributed by atoms with Crippen molar-refractivity contribution in [2.75, 3.05) is 7.05 Å². The fourth-order valence-electron chi connectivity index (χ4n) is 2.33. The van der Waals surface area contributed by atoms with Gasteiger partial charge in [0.05, 0.1) is 6.20 Å². The molecule has 0 aromatic carbocycles. The van der Waals surface area contributed by atoms with E-state index in [0.29, 0.717) is 5.82 Å². The number of aromatic nitrogens is 2. The van der Waals surface area contributed by atoms with Gasteiger partial charge in [-0.3, -0.25) is 0 Å². The van der Waals surface area contributed by atoms with Crippen LogP contribution in [0.3, 0.4) is 0 Å². The van der Waals surface area contributed by atoms with Crippen molar-refractivity contribution in [3.8, 4) is 0 Å². The zero-order chi connectivity index (χ0) is 12.5. The SMILES string of the molecule is Cc1ncc(S(=O)(=O)N(C)C2CCCCC2)[nH]1. The molecule has 0 saturated heterocycles. The van der Waals surface area contributed by atoms with Gasteiger partial charge in [-0.15, -0.1) is 0 Å². The minimum absolute atomic E-state index is 0.136. The zero-order valence-corrected chi connectivity index (χ0v) is 11.1. The summed E-state index contributed by atoms with van der Waals surface area (Å²) >= 11 is 0. The molecule has 1 N–H and O–H groups in total. The van der Waals surface area contributed by atoms with Gasteiger partial charge in [-0.1, -0.05) is 19.3 Å². The molecule has 1 aromatic rings. The molecule has 17 heavy (non-hydrogen) atoms. The van der Waals surface area contributed by atoms with Crippen molar-refractivity contribution in [3.63, 3.8) is 0 Å². The molecule has 0 bridgehead atoms. The first-order chi connectivity index (χ1) is 8.01. The van der Waals surface area contributed by atoms with E-state index in [1.165, 1.54) is 16.9 Å². The number of aryl methyl sites for hydroxylation is 1. The third-order valence-corrected chi connectivity index (χ3v) is 5.25. The number of imidazole rings is 1. The first-order valence-electron chi connectivity index (χ1n) is 6.01. The van der Waals surface area contributed by atoms with Crippen molar-refractivity contribution in [2.24, 2.45) is 0 Å². The molecule has 0 aliphatic heterocycles. The zero-order valence-electron chi connectivity index (χ0n) is 10.3. The highest BCUT2D eigenvalue weighted by Gasteiger charge is 2.30. The molecule has 1 aliphatic carbocycles. The van der Waals surface area contributed by atoms with Crippen LogP contribution in [0.5, 0.6) is 0 Å². The maximum Gasteiger partial charge on any atom is 0.260 e. The highest BCUT2D eigenvalue weighted by atomic mass is 32.2. The number of hydrogen-bond donors (Lipinski definition) is 1. The van der Waals surface area contributed by atoms with Crippen LogP contribution in [-0.2, 0) is 10.0 Å². The van der Waals surface area contributed by atoms with Crippen LogP contribution in [0.4, 0.5) is 0 Å². The normalized spacial score (nSPS) is 18.8. The lowest BCUT2D eigenvalue weighted by molar-refractivity contribution is 0.285. The van der Waals surface area contributed by atoms with E-state index in [1.807, 2.05) is 0 Å². The molecule has 0 unspecified atom stereocenters. The second-order valence-corrected chi connectivity index (χ2v) is 6.61. The van der Waals surface area contributed by atoms with E-state index < -0.39 is 10.0 Å². The van der Waals surface area contributed by atoms with Gasteiger partial charge >= 0.3 is 0 Å². The minimum Gasteiger partial charge on any atom is -0.332 e. The van der Waals surface area contributed by atoms with Crippen LogP contribution in [0.15, 0.2) is 11.2 Å². The van der Waals surface area contributed by atoms with Crippen molar-refractivity contribution >= 4 is 10.0 Å². The van der Waals surface area contributed by atoms with Crippen LogP contribution in [0.25, 0.3) is 0 Å². The maximum atomic E-state index is 12.3. The second-order valence-electron chi connectivity index (χ2n) is 4.65. The minimum atomic E-state index is -3.40.